The number of aromatic nitrogens is 2. The van der Waals surface area contributed by atoms with Crippen molar-refractivity contribution in [1.82, 2.24) is 9.78 Å². The molecular formula is C18H23N3O6S. The maximum Gasteiger partial charge on any atom is 0.348 e. The summed E-state index contributed by atoms with van der Waals surface area (Å²) in [6.07, 6.45) is 1.24. The number of ether oxygens (including phenoxy) is 3. The van der Waals surface area contributed by atoms with Gasteiger partial charge in [0.05, 0.1) is 18.3 Å². The highest BCUT2D eigenvalue weighted by Crippen LogP contribution is 2.34. The van der Waals surface area contributed by atoms with Crippen LogP contribution in [0.4, 0.5) is 5.00 Å². The summed E-state index contributed by atoms with van der Waals surface area (Å²) < 4.78 is 16.7. The molecule has 0 spiro atoms. The van der Waals surface area contributed by atoms with Crippen LogP contribution in [0.5, 0.6) is 0 Å². The van der Waals surface area contributed by atoms with Crippen LogP contribution in [0.15, 0.2) is 12.3 Å². The molecule has 2 aromatic rings. The lowest BCUT2D eigenvalue weighted by molar-refractivity contribution is 0.0379. The van der Waals surface area contributed by atoms with Gasteiger partial charge < -0.3 is 19.5 Å². The summed E-state index contributed by atoms with van der Waals surface area (Å²) in [6.45, 7) is 7.13. The summed E-state index contributed by atoms with van der Waals surface area (Å²) in [6, 6.07) is 1.52. The molecular weight excluding hydrogens is 386 g/mol. The molecule has 0 saturated carbocycles. The second kappa shape index (κ2) is 9.47. The van der Waals surface area contributed by atoms with Gasteiger partial charge in [0.25, 0.3) is 5.91 Å². The monoisotopic (exact) mass is 409 g/mol. The van der Waals surface area contributed by atoms with Crippen molar-refractivity contribution in [1.29, 1.82) is 0 Å². The number of methoxy groups -OCH3 is 1. The molecule has 0 bridgehead atoms. The fourth-order valence-corrected chi connectivity index (χ4v) is 3.45. The van der Waals surface area contributed by atoms with Crippen molar-refractivity contribution in [2.45, 2.75) is 40.5 Å². The van der Waals surface area contributed by atoms with E-state index in [0.29, 0.717) is 5.56 Å². The summed E-state index contributed by atoms with van der Waals surface area (Å²) >= 11 is 0.963. The van der Waals surface area contributed by atoms with Gasteiger partial charge >= 0.3 is 11.9 Å². The van der Waals surface area contributed by atoms with Crippen molar-refractivity contribution in [2.24, 2.45) is 0 Å². The number of esters is 2. The highest BCUT2D eigenvalue weighted by molar-refractivity contribution is 7.18. The lowest BCUT2D eigenvalue weighted by Gasteiger charge is -2.10. The van der Waals surface area contributed by atoms with Gasteiger partial charge in [0.1, 0.15) is 16.6 Å². The summed E-state index contributed by atoms with van der Waals surface area (Å²) in [5.41, 5.74) is 0.671. The van der Waals surface area contributed by atoms with Crippen molar-refractivity contribution < 1.29 is 28.6 Å². The minimum Gasteiger partial charge on any atom is -0.462 e. The van der Waals surface area contributed by atoms with E-state index >= 15 is 0 Å². The maximum absolute atomic E-state index is 12.6. The van der Waals surface area contributed by atoms with Crippen LogP contribution in [0.2, 0.25) is 0 Å². The molecule has 0 atom stereocenters. The molecule has 0 saturated heterocycles. The van der Waals surface area contributed by atoms with Gasteiger partial charge in [-0.25, -0.2) is 14.3 Å². The number of hydrogen-bond donors (Lipinski definition) is 1. The maximum atomic E-state index is 12.6. The molecule has 10 heteroatoms. The van der Waals surface area contributed by atoms with Crippen LogP contribution in [0.1, 0.15) is 56.9 Å². The van der Waals surface area contributed by atoms with E-state index < -0.39 is 17.8 Å². The Balaban J connectivity index is 2.36. The number of carbonyl (C=O) groups excluding carboxylic acids is 3. The van der Waals surface area contributed by atoms with Gasteiger partial charge in [0, 0.05) is 13.3 Å². The van der Waals surface area contributed by atoms with Crippen LogP contribution < -0.4 is 5.32 Å². The molecule has 28 heavy (non-hydrogen) atoms. The molecule has 0 aromatic carbocycles. The summed E-state index contributed by atoms with van der Waals surface area (Å²) in [5.74, 6) is -1.71. The number of thiophene rings is 1. The second-order valence-corrected chi connectivity index (χ2v) is 7.07. The predicted molar refractivity (Wildman–Crippen MR) is 103 cm³/mol. The molecule has 2 heterocycles. The minimum atomic E-state index is -0.625. The van der Waals surface area contributed by atoms with Crippen LogP contribution in [-0.2, 0) is 20.9 Å². The fourth-order valence-electron chi connectivity index (χ4n) is 2.37. The number of anilines is 1. The van der Waals surface area contributed by atoms with E-state index in [1.807, 2.05) is 0 Å². The van der Waals surface area contributed by atoms with Crippen molar-refractivity contribution in [3.8, 4) is 0 Å². The molecule has 0 aliphatic rings. The number of amides is 1. The standard InChI is InChI=1S/C18H23N3O6S/c1-6-26-18(24)14-11(4)13(17(23)27-10(2)3)16(28-14)19-15(22)12-7-8-21(20-12)9-25-5/h7-8,10H,6,9H2,1-5H3,(H,19,22). The van der Waals surface area contributed by atoms with Gasteiger partial charge in [-0.15, -0.1) is 11.3 Å². The number of nitrogens with one attached hydrogen (secondary N) is 1. The zero-order valence-electron chi connectivity index (χ0n) is 16.4. The van der Waals surface area contributed by atoms with E-state index in [0.717, 1.165) is 11.3 Å². The Morgan fingerprint density at radius 2 is 2.00 bits per heavy atom. The van der Waals surface area contributed by atoms with Gasteiger partial charge in [-0.3, -0.25) is 4.79 Å². The molecule has 152 valence electrons. The van der Waals surface area contributed by atoms with Gasteiger partial charge in [-0.05, 0) is 39.3 Å². The largest absolute Gasteiger partial charge is 0.462 e. The zero-order valence-corrected chi connectivity index (χ0v) is 17.2. The summed E-state index contributed by atoms with van der Waals surface area (Å²) in [4.78, 5) is 37.5. The fraction of sp³-hybridized carbons (Fsp3) is 0.444. The number of nitrogens with zero attached hydrogens (tertiary/aromatic N) is 2. The predicted octanol–water partition coefficient (Wildman–Crippen LogP) is 2.85. The van der Waals surface area contributed by atoms with E-state index in [1.165, 1.54) is 17.9 Å². The first-order valence-corrected chi connectivity index (χ1v) is 9.45. The Labute approximate surface area is 166 Å². The number of carbonyl (C=O) groups is 3. The Morgan fingerprint density at radius 3 is 2.61 bits per heavy atom. The van der Waals surface area contributed by atoms with E-state index in [1.54, 1.807) is 33.9 Å². The quantitative estimate of drug-likeness (QED) is 0.668. The third-order valence-electron chi connectivity index (χ3n) is 3.52. The highest BCUT2D eigenvalue weighted by atomic mass is 32.1. The third kappa shape index (κ3) is 4.96. The Bertz CT molecular complexity index is 871. The average molecular weight is 409 g/mol. The van der Waals surface area contributed by atoms with Gasteiger partial charge in [-0.1, -0.05) is 0 Å². The minimum absolute atomic E-state index is 0.131. The van der Waals surface area contributed by atoms with E-state index in [-0.39, 0.29) is 40.6 Å². The zero-order chi connectivity index (χ0) is 20.8. The third-order valence-corrected chi connectivity index (χ3v) is 4.70. The Kier molecular flexibility index (Phi) is 7.30. The van der Waals surface area contributed by atoms with E-state index in [2.05, 4.69) is 10.4 Å². The molecule has 2 rings (SSSR count). The second-order valence-electron chi connectivity index (χ2n) is 6.05. The topological polar surface area (TPSA) is 109 Å². The van der Waals surface area contributed by atoms with Gasteiger partial charge in [0.15, 0.2) is 5.69 Å². The van der Waals surface area contributed by atoms with Crippen molar-refractivity contribution in [3.05, 3.63) is 34.0 Å². The molecule has 2 aromatic heterocycles. The van der Waals surface area contributed by atoms with Gasteiger partial charge in [-0.2, -0.15) is 5.10 Å². The normalized spacial score (nSPS) is 10.8. The van der Waals surface area contributed by atoms with Crippen LogP contribution in [0, 0.1) is 6.92 Å². The van der Waals surface area contributed by atoms with Crippen LogP contribution >= 0.6 is 11.3 Å². The highest BCUT2D eigenvalue weighted by Gasteiger charge is 2.28. The first-order chi connectivity index (χ1) is 13.3. The molecule has 0 radical (unpaired) electrons. The SMILES string of the molecule is CCOC(=O)c1sc(NC(=O)c2ccn(COC)n2)c(C(=O)OC(C)C)c1C. The van der Waals surface area contributed by atoms with Gasteiger partial charge in [0.2, 0.25) is 0 Å². The first kappa shape index (κ1) is 21.6. The number of rotatable bonds is 8. The summed E-state index contributed by atoms with van der Waals surface area (Å²) in [5, 5.41) is 6.94. The molecule has 1 amide bonds. The molecule has 1 N–H and O–H groups in total. The Hall–Kier alpha value is -2.72. The molecule has 9 nitrogen and oxygen atoms in total. The molecule has 0 aliphatic heterocycles. The van der Waals surface area contributed by atoms with Crippen molar-refractivity contribution >= 4 is 34.2 Å². The first-order valence-electron chi connectivity index (χ1n) is 8.63. The lowest BCUT2D eigenvalue weighted by Crippen LogP contribution is -2.17. The Morgan fingerprint density at radius 1 is 1.29 bits per heavy atom. The summed E-state index contributed by atoms with van der Waals surface area (Å²) in [7, 11) is 1.51. The number of hydrogen-bond acceptors (Lipinski definition) is 8. The van der Waals surface area contributed by atoms with Crippen molar-refractivity contribution in [3.63, 3.8) is 0 Å². The molecule has 0 aliphatic carbocycles. The van der Waals surface area contributed by atoms with E-state index in [4.69, 9.17) is 14.2 Å². The van der Waals surface area contributed by atoms with Crippen LogP contribution in [0.25, 0.3) is 0 Å². The van der Waals surface area contributed by atoms with E-state index in [9.17, 15) is 14.4 Å². The molecule has 0 unspecified atom stereocenters. The van der Waals surface area contributed by atoms with Crippen LogP contribution in [-0.4, -0.2) is 47.4 Å². The van der Waals surface area contributed by atoms with Crippen LogP contribution in [0.3, 0.4) is 0 Å². The molecule has 0 fully saturated rings. The smallest absolute Gasteiger partial charge is 0.348 e. The average Bonchev–Trinajstić information content (AvgIpc) is 3.19. The van der Waals surface area contributed by atoms with Crippen molar-refractivity contribution in [2.75, 3.05) is 19.0 Å². The lowest BCUT2D eigenvalue weighted by atomic mass is 10.1.